The van der Waals surface area contributed by atoms with Crippen LogP contribution in [0, 0.1) is 0 Å². The summed E-state index contributed by atoms with van der Waals surface area (Å²) in [5.74, 6) is 1.63. The van der Waals surface area contributed by atoms with Crippen molar-refractivity contribution in [1.82, 2.24) is 0 Å². The molecule has 158 valence electrons. The summed E-state index contributed by atoms with van der Waals surface area (Å²) >= 11 is 0. The smallest absolute Gasteiger partial charge is 0.238 e. The molecule has 0 radical (unpaired) electrons. The number of benzene rings is 3. The third-order valence-electron chi connectivity index (χ3n) is 6.04. The Balaban J connectivity index is 1.31. The lowest BCUT2D eigenvalue weighted by Gasteiger charge is -2.15. The Kier molecular flexibility index (Phi) is 4.60. The number of nitrogens with two attached hydrogens (primary N) is 1. The maximum absolute atomic E-state index is 13.1. The van der Waals surface area contributed by atoms with Crippen LogP contribution in [0.2, 0.25) is 0 Å². The van der Waals surface area contributed by atoms with Gasteiger partial charge < -0.3 is 9.47 Å². The van der Waals surface area contributed by atoms with Gasteiger partial charge in [0.2, 0.25) is 16.8 Å². The summed E-state index contributed by atoms with van der Waals surface area (Å²) in [6, 6.07) is 20.0. The zero-order chi connectivity index (χ0) is 21.6. The van der Waals surface area contributed by atoms with E-state index in [0.717, 1.165) is 40.8 Å². The van der Waals surface area contributed by atoms with Gasteiger partial charge in [0.1, 0.15) is 5.78 Å². The number of rotatable bonds is 6. The third kappa shape index (κ3) is 3.71. The van der Waals surface area contributed by atoms with Crippen LogP contribution in [0.25, 0.3) is 11.1 Å². The van der Waals surface area contributed by atoms with E-state index < -0.39 is 15.4 Å². The lowest BCUT2D eigenvalue weighted by molar-refractivity contribution is -0.120. The van der Waals surface area contributed by atoms with Crippen molar-refractivity contribution in [2.75, 3.05) is 6.79 Å². The number of Topliss-reactive ketones (excluding diaryl/α,β-unsaturated/α-hetero) is 1. The number of carbonyl (C=O) groups excluding carboxylic acids is 1. The molecule has 0 atom stereocenters. The molecule has 2 N–H and O–H groups in total. The molecule has 7 heteroatoms. The Morgan fingerprint density at radius 3 is 2.10 bits per heavy atom. The fraction of sp³-hybridized carbons (Fsp3) is 0.208. The average molecular weight is 436 g/mol. The van der Waals surface area contributed by atoms with Crippen molar-refractivity contribution in [3.8, 4) is 22.6 Å². The molecule has 0 unspecified atom stereocenters. The Labute approximate surface area is 180 Å². The van der Waals surface area contributed by atoms with Crippen molar-refractivity contribution in [3.63, 3.8) is 0 Å². The first-order valence-corrected chi connectivity index (χ1v) is 11.6. The highest BCUT2D eigenvalue weighted by Crippen LogP contribution is 2.51. The standard InChI is InChI=1S/C24H21NO5S/c25-31(27,28)20-8-5-18(6-9-20)17-3-1-16(2-4-17)13-23(26)24(11-12-24)19-7-10-21-22(14-19)30-15-29-21/h1-10,14H,11-13,15H2,(H2,25,27,28). The predicted octanol–water partition coefficient (Wildman–Crippen LogP) is 3.57. The highest BCUT2D eigenvalue weighted by Gasteiger charge is 2.50. The van der Waals surface area contributed by atoms with Crippen molar-refractivity contribution in [1.29, 1.82) is 0 Å². The molecule has 6 nitrogen and oxygen atoms in total. The summed E-state index contributed by atoms with van der Waals surface area (Å²) in [6.45, 7) is 0.219. The van der Waals surface area contributed by atoms with Gasteiger partial charge in [-0.15, -0.1) is 0 Å². The minimum atomic E-state index is -3.71. The topological polar surface area (TPSA) is 95.7 Å². The van der Waals surface area contributed by atoms with Crippen molar-refractivity contribution >= 4 is 15.8 Å². The number of primary sulfonamides is 1. The molecule has 1 aliphatic heterocycles. The zero-order valence-electron chi connectivity index (χ0n) is 16.7. The number of hydrogen-bond donors (Lipinski definition) is 1. The largest absolute Gasteiger partial charge is 0.454 e. The molecule has 1 saturated carbocycles. The molecule has 3 aromatic carbocycles. The van der Waals surface area contributed by atoms with Crippen LogP contribution in [0.15, 0.2) is 71.6 Å². The molecule has 1 fully saturated rings. The molecular formula is C24H21NO5S. The van der Waals surface area contributed by atoms with E-state index in [4.69, 9.17) is 14.6 Å². The Morgan fingerprint density at radius 1 is 0.871 bits per heavy atom. The molecule has 1 aliphatic carbocycles. The van der Waals surface area contributed by atoms with Crippen LogP contribution in [0.1, 0.15) is 24.0 Å². The van der Waals surface area contributed by atoms with Crippen LogP contribution < -0.4 is 14.6 Å². The number of ether oxygens (including phenoxy) is 2. The van der Waals surface area contributed by atoms with Gasteiger partial charge in [-0.05, 0) is 59.4 Å². The molecule has 3 aromatic rings. The van der Waals surface area contributed by atoms with Crippen molar-refractivity contribution < 1.29 is 22.7 Å². The second kappa shape index (κ2) is 7.21. The minimum absolute atomic E-state index is 0.0803. The van der Waals surface area contributed by atoms with Gasteiger partial charge in [-0.3, -0.25) is 4.79 Å². The van der Waals surface area contributed by atoms with Crippen LogP contribution in [-0.4, -0.2) is 21.0 Å². The molecule has 31 heavy (non-hydrogen) atoms. The molecule has 0 aromatic heterocycles. The van der Waals surface area contributed by atoms with Crippen LogP contribution >= 0.6 is 0 Å². The monoisotopic (exact) mass is 435 g/mol. The number of sulfonamides is 1. The van der Waals surface area contributed by atoms with Gasteiger partial charge in [-0.1, -0.05) is 42.5 Å². The minimum Gasteiger partial charge on any atom is -0.454 e. The zero-order valence-corrected chi connectivity index (χ0v) is 17.5. The first-order chi connectivity index (χ1) is 14.8. The van der Waals surface area contributed by atoms with Crippen LogP contribution in [0.3, 0.4) is 0 Å². The molecular weight excluding hydrogens is 414 g/mol. The summed E-state index contributed by atoms with van der Waals surface area (Å²) in [5, 5.41) is 5.15. The fourth-order valence-electron chi connectivity index (χ4n) is 4.05. The summed E-state index contributed by atoms with van der Waals surface area (Å²) in [4.78, 5) is 13.2. The first-order valence-electron chi connectivity index (χ1n) is 10.0. The number of hydrogen-bond acceptors (Lipinski definition) is 5. The molecule has 2 aliphatic rings. The summed E-state index contributed by atoms with van der Waals surface area (Å²) in [5.41, 5.74) is 3.33. The van der Waals surface area contributed by atoms with Crippen molar-refractivity contribution in [2.45, 2.75) is 29.6 Å². The van der Waals surface area contributed by atoms with Crippen LogP contribution in [-0.2, 0) is 26.7 Å². The van der Waals surface area contributed by atoms with E-state index in [1.807, 2.05) is 42.5 Å². The first kappa shape index (κ1) is 19.8. The summed E-state index contributed by atoms with van der Waals surface area (Å²) in [6.07, 6.45) is 2.05. The van der Waals surface area contributed by atoms with Gasteiger partial charge >= 0.3 is 0 Å². The molecule has 1 heterocycles. The Morgan fingerprint density at radius 2 is 1.48 bits per heavy atom. The molecule has 0 spiro atoms. The Hall–Kier alpha value is -3.16. The SMILES string of the molecule is NS(=O)(=O)c1ccc(-c2ccc(CC(=O)C3(c4ccc5c(c4)OCO5)CC3)cc2)cc1. The lowest BCUT2D eigenvalue weighted by Crippen LogP contribution is -2.22. The maximum atomic E-state index is 13.1. The van der Waals surface area contributed by atoms with E-state index in [1.54, 1.807) is 12.1 Å². The van der Waals surface area contributed by atoms with Gasteiger partial charge in [0.15, 0.2) is 11.5 Å². The predicted molar refractivity (Wildman–Crippen MR) is 115 cm³/mol. The quantitative estimate of drug-likeness (QED) is 0.639. The molecule has 0 bridgehead atoms. The summed E-state index contributed by atoms with van der Waals surface area (Å²) in [7, 11) is -3.71. The van der Waals surface area contributed by atoms with E-state index in [1.165, 1.54) is 12.1 Å². The number of carbonyl (C=O) groups is 1. The van der Waals surface area contributed by atoms with E-state index >= 15 is 0 Å². The van der Waals surface area contributed by atoms with E-state index in [2.05, 4.69) is 0 Å². The lowest BCUT2D eigenvalue weighted by atomic mass is 9.87. The van der Waals surface area contributed by atoms with Gasteiger partial charge in [0.05, 0.1) is 10.3 Å². The van der Waals surface area contributed by atoms with E-state index in [-0.39, 0.29) is 17.5 Å². The highest BCUT2D eigenvalue weighted by molar-refractivity contribution is 7.89. The highest BCUT2D eigenvalue weighted by atomic mass is 32.2. The average Bonchev–Trinajstić information content (AvgIpc) is 3.45. The van der Waals surface area contributed by atoms with Crippen LogP contribution in [0.4, 0.5) is 0 Å². The van der Waals surface area contributed by atoms with E-state index in [9.17, 15) is 13.2 Å². The Bertz CT molecular complexity index is 1260. The normalized spacial score (nSPS) is 16.2. The van der Waals surface area contributed by atoms with Gasteiger partial charge in [-0.25, -0.2) is 13.6 Å². The third-order valence-corrected chi connectivity index (χ3v) is 6.97. The molecule has 5 rings (SSSR count). The summed E-state index contributed by atoms with van der Waals surface area (Å²) < 4.78 is 33.6. The fourth-order valence-corrected chi connectivity index (χ4v) is 4.57. The molecule has 0 amide bonds. The van der Waals surface area contributed by atoms with Gasteiger partial charge in [-0.2, -0.15) is 0 Å². The number of ketones is 1. The number of fused-ring (bicyclic) bond motifs is 1. The van der Waals surface area contributed by atoms with Crippen LogP contribution in [0.5, 0.6) is 11.5 Å². The maximum Gasteiger partial charge on any atom is 0.238 e. The molecule has 0 saturated heterocycles. The van der Waals surface area contributed by atoms with Crippen molar-refractivity contribution in [3.05, 3.63) is 77.9 Å². The van der Waals surface area contributed by atoms with Gasteiger partial charge in [0, 0.05) is 6.42 Å². The van der Waals surface area contributed by atoms with Crippen molar-refractivity contribution in [2.24, 2.45) is 5.14 Å². The van der Waals surface area contributed by atoms with E-state index in [0.29, 0.717) is 12.2 Å². The van der Waals surface area contributed by atoms with Gasteiger partial charge in [0.25, 0.3) is 0 Å². The second-order valence-electron chi connectivity index (χ2n) is 8.02. The second-order valence-corrected chi connectivity index (χ2v) is 9.58.